The summed E-state index contributed by atoms with van der Waals surface area (Å²) in [5.74, 6) is -0.365. The van der Waals surface area contributed by atoms with Gasteiger partial charge in [-0.05, 0) is 22.9 Å². The highest BCUT2D eigenvalue weighted by Crippen LogP contribution is 2.35. The zero-order valence-corrected chi connectivity index (χ0v) is 9.80. The van der Waals surface area contributed by atoms with Gasteiger partial charge in [-0.2, -0.15) is 0 Å². The molecule has 0 bridgehead atoms. The van der Waals surface area contributed by atoms with Gasteiger partial charge in [-0.15, -0.1) is 11.3 Å². The SMILES string of the molecule is Nc1c(F)cccc1-c1cccc2ccsc12. The van der Waals surface area contributed by atoms with E-state index in [9.17, 15) is 4.39 Å². The maximum absolute atomic E-state index is 13.5. The Balaban J connectivity index is 2.34. The Kier molecular flexibility index (Phi) is 2.34. The van der Waals surface area contributed by atoms with E-state index in [-0.39, 0.29) is 11.5 Å². The number of nitrogens with two attached hydrogens (primary N) is 1. The summed E-state index contributed by atoms with van der Waals surface area (Å²) < 4.78 is 14.6. The number of thiophene rings is 1. The minimum atomic E-state index is -0.365. The lowest BCUT2D eigenvalue weighted by atomic mass is 10.0. The van der Waals surface area contributed by atoms with Crippen LogP contribution in [0, 0.1) is 5.82 Å². The number of nitrogen functional groups attached to an aromatic ring is 1. The number of hydrogen-bond donors (Lipinski definition) is 1. The van der Waals surface area contributed by atoms with Crippen LogP contribution in [-0.2, 0) is 0 Å². The molecule has 1 nitrogen and oxygen atoms in total. The molecule has 3 heteroatoms. The second-order valence-corrected chi connectivity index (χ2v) is 4.76. The van der Waals surface area contributed by atoms with Crippen molar-refractivity contribution in [1.82, 2.24) is 0 Å². The Morgan fingerprint density at radius 2 is 1.71 bits per heavy atom. The smallest absolute Gasteiger partial charge is 0.146 e. The number of halogens is 1. The summed E-state index contributed by atoms with van der Waals surface area (Å²) >= 11 is 1.65. The fraction of sp³-hybridized carbons (Fsp3) is 0. The Morgan fingerprint density at radius 1 is 0.941 bits per heavy atom. The topological polar surface area (TPSA) is 26.0 Å². The molecule has 0 amide bonds. The van der Waals surface area contributed by atoms with E-state index in [1.165, 1.54) is 6.07 Å². The maximum atomic E-state index is 13.5. The largest absolute Gasteiger partial charge is 0.396 e. The molecule has 0 fully saturated rings. The van der Waals surface area contributed by atoms with Crippen molar-refractivity contribution in [1.29, 1.82) is 0 Å². The van der Waals surface area contributed by atoms with Crippen molar-refractivity contribution in [3.05, 3.63) is 53.7 Å². The third-order valence-electron chi connectivity index (χ3n) is 2.82. The van der Waals surface area contributed by atoms with Crippen LogP contribution in [0.15, 0.2) is 47.8 Å². The molecule has 3 rings (SSSR count). The van der Waals surface area contributed by atoms with Gasteiger partial charge in [0.05, 0.1) is 5.69 Å². The first kappa shape index (κ1) is 10.3. The summed E-state index contributed by atoms with van der Waals surface area (Å²) in [5, 5.41) is 3.19. The molecule has 0 atom stereocenters. The number of benzene rings is 2. The van der Waals surface area contributed by atoms with Crippen molar-refractivity contribution in [3.63, 3.8) is 0 Å². The van der Waals surface area contributed by atoms with Gasteiger partial charge in [0.2, 0.25) is 0 Å². The Bertz CT molecular complexity index is 688. The van der Waals surface area contributed by atoms with Crippen LogP contribution in [0.5, 0.6) is 0 Å². The monoisotopic (exact) mass is 243 g/mol. The molecule has 0 saturated carbocycles. The molecule has 0 aliphatic carbocycles. The summed E-state index contributed by atoms with van der Waals surface area (Å²) in [7, 11) is 0. The Labute approximate surface area is 102 Å². The van der Waals surface area contributed by atoms with E-state index in [0.717, 1.165) is 21.2 Å². The van der Waals surface area contributed by atoms with Gasteiger partial charge in [-0.25, -0.2) is 4.39 Å². The van der Waals surface area contributed by atoms with Crippen LogP contribution in [-0.4, -0.2) is 0 Å². The van der Waals surface area contributed by atoms with Crippen molar-refractivity contribution in [3.8, 4) is 11.1 Å². The molecule has 1 heterocycles. The van der Waals surface area contributed by atoms with Crippen LogP contribution >= 0.6 is 11.3 Å². The van der Waals surface area contributed by atoms with Crippen LogP contribution in [0.1, 0.15) is 0 Å². The van der Waals surface area contributed by atoms with E-state index in [0.29, 0.717) is 0 Å². The maximum Gasteiger partial charge on any atom is 0.146 e. The molecule has 1 aromatic heterocycles. The molecule has 2 N–H and O–H groups in total. The minimum Gasteiger partial charge on any atom is -0.396 e. The molecular weight excluding hydrogens is 233 g/mol. The highest BCUT2D eigenvalue weighted by Gasteiger charge is 2.10. The van der Waals surface area contributed by atoms with E-state index < -0.39 is 0 Å². The number of fused-ring (bicyclic) bond motifs is 1. The van der Waals surface area contributed by atoms with Crippen LogP contribution in [0.4, 0.5) is 10.1 Å². The summed E-state index contributed by atoms with van der Waals surface area (Å²) in [4.78, 5) is 0. The van der Waals surface area contributed by atoms with Crippen LogP contribution in [0.3, 0.4) is 0 Å². The molecule has 2 aromatic carbocycles. The van der Waals surface area contributed by atoms with Gasteiger partial charge in [-0.3, -0.25) is 0 Å². The lowest BCUT2D eigenvalue weighted by Gasteiger charge is -2.07. The quantitative estimate of drug-likeness (QED) is 0.634. The molecule has 3 aromatic rings. The van der Waals surface area contributed by atoms with E-state index in [2.05, 4.69) is 6.07 Å². The Hall–Kier alpha value is -1.87. The average molecular weight is 243 g/mol. The predicted octanol–water partition coefficient (Wildman–Crippen LogP) is 4.29. The van der Waals surface area contributed by atoms with Crippen molar-refractivity contribution in [2.75, 3.05) is 5.73 Å². The van der Waals surface area contributed by atoms with E-state index in [1.807, 2.05) is 29.6 Å². The van der Waals surface area contributed by atoms with Crippen LogP contribution < -0.4 is 5.73 Å². The molecule has 0 spiro atoms. The van der Waals surface area contributed by atoms with Crippen molar-refractivity contribution in [2.24, 2.45) is 0 Å². The zero-order chi connectivity index (χ0) is 11.8. The van der Waals surface area contributed by atoms with Crippen molar-refractivity contribution in [2.45, 2.75) is 0 Å². The zero-order valence-electron chi connectivity index (χ0n) is 8.98. The number of hydrogen-bond acceptors (Lipinski definition) is 2. The van der Waals surface area contributed by atoms with Gasteiger partial charge in [0, 0.05) is 15.8 Å². The van der Waals surface area contributed by atoms with Gasteiger partial charge >= 0.3 is 0 Å². The summed E-state index contributed by atoms with van der Waals surface area (Å²) in [6.07, 6.45) is 0. The second-order valence-electron chi connectivity index (χ2n) is 3.85. The molecule has 84 valence electrons. The number of anilines is 1. The molecule has 0 radical (unpaired) electrons. The van der Waals surface area contributed by atoms with E-state index in [4.69, 9.17) is 5.73 Å². The first-order valence-corrected chi connectivity index (χ1v) is 6.16. The van der Waals surface area contributed by atoms with Crippen LogP contribution in [0.25, 0.3) is 21.2 Å². The Morgan fingerprint density at radius 3 is 2.59 bits per heavy atom. The highest BCUT2D eigenvalue weighted by molar-refractivity contribution is 7.17. The average Bonchev–Trinajstić information content (AvgIpc) is 2.81. The minimum absolute atomic E-state index is 0.216. The van der Waals surface area contributed by atoms with Gasteiger partial charge in [-0.1, -0.05) is 30.3 Å². The summed E-state index contributed by atoms with van der Waals surface area (Å²) in [6, 6.07) is 13.0. The molecule has 17 heavy (non-hydrogen) atoms. The van der Waals surface area contributed by atoms with Gasteiger partial charge in [0.25, 0.3) is 0 Å². The molecule has 0 aliphatic heterocycles. The van der Waals surface area contributed by atoms with Crippen LogP contribution in [0.2, 0.25) is 0 Å². The van der Waals surface area contributed by atoms with Gasteiger partial charge in [0.1, 0.15) is 5.82 Å². The third-order valence-corrected chi connectivity index (χ3v) is 3.79. The first-order valence-electron chi connectivity index (χ1n) is 5.28. The molecular formula is C14H10FNS. The molecule has 0 saturated heterocycles. The first-order chi connectivity index (χ1) is 8.27. The van der Waals surface area contributed by atoms with E-state index >= 15 is 0 Å². The lowest BCUT2D eigenvalue weighted by Crippen LogP contribution is -1.93. The third kappa shape index (κ3) is 1.59. The lowest BCUT2D eigenvalue weighted by molar-refractivity contribution is 0.633. The standard InChI is InChI=1S/C14H10FNS/c15-12-6-2-4-10(13(12)16)11-5-1-3-9-7-8-17-14(9)11/h1-8H,16H2. The van der Waals surface area contributed by atoms with Gasteiger partial charge in [0.15, 0.2) is 0 Å². The fourth-order valence-corrected chi connectivity index (χ4v) is 2.90. The number of rotatable bonds is 1. The predicted molar refractivity (Wildman–Crippen MR) is 71.6 cm³/mol. The fourth-order valence-electron chi connectivity index (χ4n) is 1.98. The normalized spacial score (nSPS) is 10.9. The highest BCUT2D eigenvalue weighted by atomic mass is 32.1. The second kappa shape index (κ2) is 3.86. The summed E-state index contributed by atoms with van der Waals surface area (Å²) in [6.45, 7) is 0. The van der Waals surface area contributed by atoms with E-state index in [1.54, 1.807) is 17.4 Å². The van der Waals surface area contributed by atoms with Gasteiger partial charge < -0.3 is 5.73 Å². The van der Waals surface area contributed by atoms with Crippen molar-refractivity contribution < 1.29 is 4.39 Å². The number of para-hydroxylation sites is 1. The summed E-state index contributed by atoms with van der Waals surface area (Å²) in [5.41, 5.74) is 7.78. The van der Waals surface area contributed by atoms with Crippen molar-refractivity contribution >= 4 is 27.1 Å². The molecule has 0 aliphatic rings. The molecule has 0 unspecified atom stereocenters.